The van der Waals surface area contributed by atoms with Crippen LogP contribution in [-0.2, 0) is 0 Å². The molecule has 1 nitrogen and oxygen atoms in total. The summed E-state index contributed by atoms with van der Waals surface area (Å²) in [5.74, 6) is 5.03. The van der Waals surface area contributed by atoms with Crippen LogP contribution in [0.15, 0.2) is 23.3 Å². The highest BCUT2D eigenvalue weighted by molar-refractivity contribution is 5.38. The third-order valence-corrected chi connectivity index (χ3v) is 10.8. The number of hydrogen-bond donors (Lipinski definition) is 1. The molecule has 3 fully saturated rings. The van der Waals surface area contributed by atoms with E-state index in [4.69, 9.17) is 0 Å². The van der Waals surface area contributed by atoms with Crippen LogP contribution in [0, 0.1) is 46.3 Å². The Morgan fingerprint density at radius 1 is 0.967 bits per heavy atom. The predicted molar refractivity (Wildman–Crippen MR) is 128 cm³/mol. The molecule has 0 amide bonds. The molecule has 0 radical (unpaired) electrons. The van der Waals surface area contributed by atoms with E-state index in [0.717, 1.165) is 48.3 Å². The van der Waals surface area contributed by atoms with Crippen molar-refractivity contribution in [3.05, 3.63) is 23.3 Å². The van der Waals surface area contributed by atoms with E-state index in [-0.39, 0.29) is 6.10 Å². The second kappa shape index (κ2) is 8.42. The van der Waals surface area contributed by atoms with Gasteiger partial charge in [0.15, 0.2) is 0 Å². The molecule has 0 aromatic rings. The normalized spacial score (nSPS) is 42.7. The molecule has 1 heteroatoms. The molecule has 0 spiro atoms. The van der Waals surface area contributed by atoms with E-state index in [1.165, 1.54) is 51.4 Å². The summed E-state index contributed by atoms with van der Waals surface area (Å²) in [5.41, 5.74) is 4.17. The van der Waals surface area contributed by atoms with Crippen molar-refractivity contribution in [2.45, 2.75) is 112 Å². The Morgan fingerprint density at radius 2 is 1.73 bits per heavy atom. The fraction of sp³-hybridized carbons (Fsp3) is 0.862. The van der Waals surface area contributed by atoms with E-state index < -0.39 is 0 Å². The summed E-state index contributed by atoms with van der Waals surface area (Å²) in [5, 5.41) is 10.2. The third kappa shape index (κ3) is 3.66. The number of fused-ring (bicyclic) bond motifs is 5. The lowest BCUT2D eigenvalue weighted by Gasteiger charge is -2.55. The van der Waals surface area contributed by atoms with E-state index in [9.17, 15) is 5.11 Å². The van der Waals surface area contributed by atoms with Crippen LogP contribution in [0.5, 0.6) is 0 Å². The number of rotatable bonds is 6. The summed E-state index contributed by atoms with van der Waals surface area (Å²) in [6.45, 7) is 15.0. The Hall–Kier alpha value is -0.560. The Balaban J connectivity index is 1.51. The maximum atomic E-state index is 10.2. The third-order valence-electron chi connectivity index (χ3n) is 10.8. The van der Waals surface area contributed by atoms with Gasteiger partial charge in [0, 0.05) is 0 Å². The largest absolute Gasteiger partial charge is 0.393 e. The highest BCUT2D eigenvalue weighted by atomic mass is 16.3. The molecule has 0 aliphatic heterocycles. The van der Waals surface area contributed by atoms with Gasteiger partial charge in [-0.2, -0.15) is 0 Å². The smallest absolute Gasteiger partial charge is 0.0578 e. The molecule has 1 N–H and O–H groups in total. The maximum Gasteiger partial charge on any atom is 0.0578 e. The number of allylic oxidation sites excluding steroid dienone is 3. The fourth-order valence-electron chi connectivity index (χ4n) is 8.65. The Kier molecular flexibility index (Phi) is 6.35. The molecule has 8 atom stereocenters. The van der Waals surface area contributed by atoms with Crippen molar-refractivity contribution in [1.29, 1.82) is 0 Å². The van der Waals surface area contributed by atoms with Crippen LogP contribution in [0.25, 0.3) is 0 Å². The van der Waals surface area contributed by atoms with Crippen molar-refractivity contribution in [2.24, 2.45) is 46.3 Å². The van der Waals surface area contributed by atoms with Crippen molar-refractivity contribution in [1.82, 2.24) is 0 Å². The molecule has 3 saturated carbocycles. The van der Waals surface area contributed by atoms with Gasteiger partial charge in [0.2, 0.25) is 0 Å². The van der Waals surface area contributed by atoms with Gasteiger partial charge in [-0.25, -0.2) is 0 Å². The SMILES string of the molecule is CC[C@H](CC[C@@H](C)[C@H]1CC[C@@H]2C3=CC=C4C[C@@H](O)CC[C@]4(C)[C@@H]3CC[C@@]21C)C(C)C. The topological polar surface area (TPSA) is 20.2 Å². The Labute approximate surface area is 186 Å². The van der Waals surface area contributed by atoms with E-state index in [2.05, 4.69) is 53.7 Å². The molecule has 0 aromatic carbocycles. The van der Waals surface area contributed by atoms with Crippen molar-refractivity contribution in [2.75, 3.05) is 0 Å². The van der Waals surface area contributed by atoms with Crippen LogP contribution in [0.1, 0.15) is 106 Å². The van der Waals surface area contributed by atoms with E-state index in [1.54, 1.807) is 11.1 Å². The van der Waals surface area contributed by atoms with Crippen LogP contribution in [0.3, 0.4) is 0 Å². The van der Waals surface area contributed by atoms with Crippen LogP contribution in [-0.4, -0.2) is 11.2 Å². The maximum absolute atomic E-state index is 10.2. The number of aliphatic hydroxyl groups excluding tert-OH is 1. The summed E-state index contributed by atoms with van der Waals surface area (Å²) < 4.78 is 0. The first kappa shape index (κ1) is 22.6. The molecular formula is C29H48O. The zero-order valence-electron chi connectivity index (χ0n) is 20.7. The van der Waals surface area contributed by atoms with Gasteiger partial charge in [0.25, 0.3) is 0 Å². The van der Waals surface area contributed by atoms with Crippen LogP contribution < -0.4 is 0 Å². The van der Waals surface area contributed by atoms with Gasteiger partial charge in [0.1, 0.15) is 0 Å². The minimum absolute atomic E-state index is 0.109. The molecule has 0 unspecified atom stereocenters. The second-order valence-electron chi connectivity index (χ2n) is 12.5. The Bertz CT molecular complexity index is 686. The van der Waals surface area contributed by atoms with E-state index >= 15 is 0 Å². The predicted octanol–water partition coefficient (Wildman–Crippen LogP) is 7.94. The highest BCUT2D eigenvalue weighted by Crippen LogP contribution is 2.66. The molecule has 30 heavy (non-hydrogen) atoms. The minimum atomic E-state index is -0.109. The van der Waals surface area contributed by atoms with Gasteiger partial charge in [-0.1, -0.05) is 77.7 Å². The van der Waals surface area contributed by atoms with Crippen molar-refractivity contribution < 1.29 is 5.11 Å². The number of hydrogen-bond acceptors (Lipinski definition) is 1. The fourth-order valence-corrected chi connectivity index (χ4v) is 8.65. The summed E-state index contributed by atoms with van der Waals surface area (Å²) in [6.07, 6.45) is 17.8. The van der Waals surface area contributed by atoms with E-state index in [0.29, 0.717) is 10.8 Å². The monoisotopic (exact) mass is 412 g/mol. The summed E-state index contributed by atoms with van der Waals surface area (Å²) >= 11 is 0. The Morgan fingerprint density at radius 3 is 2.43 bits per heavy atom. The van der Waals surface area contributed by atoms with Crippen molar-refractivity contribution in [3.8, 4) is 0 Å². The summed E-state index contributed by atoms with van der Waals surface area (Å²) in [4.78, 5) is 0. The average molecular weight is 413 g/mol. The average Bonchev–Trinajstić information content (AvgIpc) is 3.06. The first-order valence-corrected chi connectivity index (χ1v) is 13.3. The van der Waals surface area contributed by atoms with E-state index in [1.807, 2.05) is 0 Å². The summed E-state index contributed by atoms with van der Waals surface area (Å²) in [6, 6.07) is 0. The van der Waals surface area contributed by atoms with Crippen molar-refractivity contribution >= 4 is 0 Å². The van der Waals surface area contributed by atoms with Crippen LogP contribution in [0.4, 0.5) is 0 Å². The van der Waals surface area contributed by atoms with Gasteiger partial charge in [-0.05, 0) is 97.7 Å². The standard InChI is InChI=1S/C29H48O/c1-7-21(19(2)3)9-8-20(4)25-12-13-26-24-11-10-22-18-23(30)14-16-28(22,5)27(24)15-17-29(25,26)6/h10-11,19-21,23,25-27,30H,7-9,12-18H2,1-6H3/t20-,21-,23+,25-,26-,27-,28+,29-/m1/s1. The molecule has 0 saturated heterocycles. The van der Waals surface area contributed by atoms with Gasteiger partial charge in [-0.3, -0.25) is 0 Å². The molecule has 0 aromatic heterocycles. The number of aliphatic hydroxyl groups is 1. The molecule has 170 valence electrons. The lowest BCUT2D eigenvalue weighted by atomic mass is 9.50. The van der Waals surface area contributed by atoms with Gasteiger partial charge in [-0.15, -0.1) is 0 Å². The first-order chi connectivity index (χ1) is 14.2. The molecule has 4 aliphatic rings. The lowest BCUT2D eigenvalue weighted by Crippen LogP contribution is -2.46. The van der Waals surface area contributed by atoms with Gasteiger partial charge >= 0.3 is 0 Å². The highest BCUT2D eigenvalue weighted by Gasteiger charge is 2.56. The zero-order chi connectivity index (χ0) is 21.7. The zero-order valence-corrected chi connectivity index (χ0v) is 20.7. The molecule has 4 rings (SSSR count). The van der Waals surface area contributed by atoms with Crippen LogP contribution in [0.2, 0.25) is 0 Å². The molecule has 4 aliphatic carbocycles. The molecular weight excluding hydrogens is 364 g/mol. The molecule has 0 bridgehead atoms. The second-order valence-corrected chi connectivity index (χ2v) is 12.5. The quantitative estimate of drug-likeness (QED) is 0.469. The van der Waals surface area contributed by atoms with Gasteiger partial charge < -0.3 is 5.11 Å². The van der Waals surface area contributed by atoms with Gasteiger partial charge in [0.05, 0.1) is 6.10 Å². The summed E-state index contributed by atoms with van der Waals surface area (Å²) in [7, 11) is 0. The minimum Gasteiger partial charge on any atom is -0.393 e. The lowest BCUT2D eigenvalue weighted by molar-refractivity contribution is 0.0315. The van der Waals surface area contributed by atoms with Crippen LogP contribution >= 0.6 is 0 Å². The molecule has 0 heterocycles. The first-order valence-electron chi connectivity index (χ1n) is 13.3. The van der Waals surface area contributed by atoms with Crippen molar-refractivity contribution in [3.63, 3.8) is 0 Å².